The van der Waals surface area contributed by atoms with Gasteiger partial charge < -0.3 is 9.47 Å². The Morgan fingerprint density at radius 2 is 1.31 bits per heavy atom. The van der Waals surface area contributed by atoms with Gasteiger partial charge in [-0.15, -0.1) is 0 Å². The Bertz CT molecular complexity index is 912. The van der Waals surface area contributed by atoms with Crippen molar-refractivity contribution in [2.45, 2.75) is 55.2 Å². The van der Waals surface area contributed by atoms with Crippen molar-refractivity contribution in [3.63, 3.8) is 0 Å². The average molecular weight is 455 g/mol. The molecule has 6 heteroatoms. The van der Waals surface area contributed by atoms with Gasteiger partial charge in [0.05, 0.1) is 14.2 Å². The van der Waals surface area contributed by atoms with E-state index >= 15 is 0 Å². The molecule has 32 heavy (non-hydrogen) atoms. The van der Waals surface area contributed by atoms with E-state index in [1.54, 1.807) is 11.8 Å². The Morgan fingerprint density at radius 1 is 0.781 bits per heavy atom. The number of hydrogen-bond acceptors (Lipinski definition) is 6. The van der Waals surface area contributed by atoms with E-state index < -0.39 is 11.9 Å². The molecule has 0 bridgehead atoms. The van der Waals surface area contributed by atoms with E-state index in [-0.39, 0.29) is 11.4 Å². The number of carbonyl (C=O) groups is 3. The molecule has 0 saturated carbocycles. The van der Waals surface area contributed by atoms with Crippen molar-refractivity contribution < 1.29 is 23.9 Å². The topological polar surface area (TPSA) is 69.7 Å². The third-order valence-corrected chi connectivity index (χ3v) is 5.94. The van der Waals surface area contributed by atoms with Crippen molar-refractivity contribution in [3.05, 3.63) is 65.2 Å². The molecular formula is C26H30O5S. The standard InChI is InChI=1S/C26H30O5S/c1-4-5-6-7-8-9-24(27)20-12-16-22(17-13-20)32-21-14-10-19(11-15-21)18-23(25(28)30-2)26(29)31-3/h10-18H,4-9H2,1-3H3. The quantitative estimate of drug-likeness (QED) is 0.0962. The summed E-state index contributed by atoms with van der Waals surface area (Å²) in [6, 6.07) is 15.1. The Hall–Kier alpha value is -2.86. The fourth-order valence-corrected chi connectivity index (χ4v) is 3.91. The number of esters is 2. The van der Waals surface area contributed by atoms with Crippen LogP contribution in [-0.4, -0.2) is 31.9 Å². The van der Waals surface area contributed by atoms with Crippen LogP contribution in [0.5, 0.6) is 0 Å². The summed E-state index contributed by atoms with van der Waals surface area (Å²) in [6.45, 7) is 2.18. The van der Waals surface area contributed by atoms with Gasteiger partial charge in [0.15, 0.2) is 5.78 Å². The Morgan fingerprint density at radius 3 is 1.84 bits per heavy atom. The van der Waals surface area contributed by atoms with Gasteiger partial charge >= 0.3 is 11.9 Å². The lowest BCUT2D eigenvalue weighted by Crippen LogP contribution is -2.15. The van der Waals surface area contributed by atoms with Gasteiger partial charge in [0.25, 0.3) is 0 Å². The molecule has 0 unspecified atom stereocenters. The molecule has 0 saturated heterocycles. The van der Waals surface area contributed by atoms with Crippen molar-refractivity contribution in [2.24, 2.45) is 0 Å². The fraction of sp³-hybridized carbons (Fsp3) is 0.346. The van der Waals surface area contributed by atoms with E-state index in [9.17, 15) is 14.4 Å². The molecule has 0 aliphatic heterocycles. The second-order valence-corrected chi connectivity index (χ2v) is 8.47. The zero-order valence-corrected chi connectivity index (χ0v) is 19.7. The van der Waals surface area contributed by atoms with Crippen molar-refractivity contribution in [1.29, 1.82) is 0 Å². The van der Waals surface area contributed by atoms with Gasteiger partial charge in [-0.05, 0) is 42.3 Å². The van der Waals surface area contributed by atoms with Crippen LogP contribution in [-0.2, 0) is 19.1 Å². The van der Waals surface area contributed by atoms with Gasteiger partial charge in [0, 0.05) is 21.8 Å². The summed E-state index contributed by atoms with van der Waals surface area (Å²) in [4.78, 5) is 37.9. The fourth-order valence-electron chi connectivity index (χ4n) is 3.10. The summed E-state index contributed by atoms with van der Waals surface area (Å²) >= 11 is 1.57. The van der Waals surface area contributed by atoms with Crippen LogP contribution in [0.25, 0.3) is 6.08 Å². The van der Waals surface area contributed by atoms with Gasteiger partial charge in [-0.1, -0.05) is 68.6 Å². The summed E-state index contributed by atoms with van der Waals surface area (Å²) in [5.41, 5.74) is 1.27. The van der Waals surface area contributed by atoms with Crippen molar-refractivity contribution in [2.75, 3.05) is 14.2 Å². The number of Topliss-reactive ketones (excluding diaryl/α,β-unsaturated/α-hetero) is 1. The number of unbranched alkanes of at least 4 members (excludes halogenated alkanes) is 4. The third kappa shape index (κ3) is 8.00. The average Bonchev–Trinajstić information content (AvgIpc) is 2.82. The summed E-state index contributed by atoms with van der Waals surface area (Å²) in [6.07, 6.45) is 7.73. The Kier molecular flexibility index (Phi) is 10.7. The van der Waals surface area contributed by atoms with Gasteiger partial charge in [0.2, 0.25) is 0 Å². The zero-order chi connectivity index (χ0) is 23.3. The first-order chi connectivity index (χ1) is 15.5. The number of rotatable bonds is 12. The molecule has 0 radical (unpaired) electrons. The molecule has 0 amide bonds. The highest BCUT2D eigenvalue weighted by Crippen LogP contribution is 2.28. The molecule has 2 aromatic rings. The first-order valence-corrected chi connectivity index (χ1v) is 11.6. The number of benzene rings is 2. The molecule has 5 nitrogen and oxygen atoms in total. The first-order valence-electron chi connectivity index (χ1n) is 10.8. The molecule has 0 fully saturated rings. The second-order valence-electron chi connectivity index (χ2n) is 7.32. The molecule has 0 heterocycles. The minimum absolute atomic E-state index is 0.166. The van der Waals surface area contributed by atoms with E-state index in [0.717, 1.165) is 28.2 Å². The highest BCUT2D eigenvalue weighted by atomic mass is 32.2. The van der Waals surface area contributed by atoms with Gasteiger partial charge in [-0.3, -0.25) is 4.79 Å². The van der Waals surface area contributed by atoms with Crippen LogP contribution in [0.2, 0.25) is 0 Å². The van der Waals surface area contributed by atoms with E-state index in [1.165, 1.54) is 39.6 Å². The van der Waals surface area contributed by atoms with Crippen LogP contribution in [0.4, 0.5) is 0 Å². The summed E-state index contributed by atoms with van der Waals surface area (Å²) < 4.78 is 9.28. The zero-order valence-electron chi connectivity index (χ0n) is 18.9. The van der Waals surface area contributed by atoms with Gasteiger partial charge in [-0.25, -0.2) is 9.59 Å². The van der Waals surface area contributed by atoms with E-state index in [2.05, 4.69) is 16.4 Å². The molecule has 0 N–H and O–H groups in total. The molecular weight excluding hydrogens is 424 g/mol. The monoisotopic (exact) mass is 454 g/mol. The van der Waals surface area contributed by atoms with Crippen LogP contribution in [0, 0.1) is 0 Å². The molecule has 0 aliphatic carbocycles. The molecule has 0 aliphatic rings. The molecule has 2 rings (SSSR count). The van der Waals surface area contributed by atoms with E-state index in [0.29, 0.717) is 12.0 Å². The largest absolute Gasteiger partial charge is 0.465 e. The Labute approximate surface area is 194 Å². The minimum atomic E-state index is -0.745. The van der Waals surface area contributed by atoms with Crippen LogP contribution in [0.15, 0.2) is 63.9 Å². The maximum Gasteiger partial charge on any atom is 0.345 e. The normalized spacial score (nSPS) is 10.3. The number of carbonyl (C=O) groups excluding carboxylic acids is 3. The molecule has 170 valence electrons. The van der Waals surface area contributed by atoms with Crippen LogP contribution >= 0.6 is 11.8 Å². The number of ether oxygens (including phenoxy) is 2. The lowest BCUT2D eigenvalue weighted by Gasteiger charge is -2.06. The second kappa shape index (κ2) is 13.5. The van der Waals surface area contributed by atoms with E-state index in [1.807, 2.05) is 48.5 Å². The summed E-state index contributed by atoms with van der Waals surface area (Å²) in [7, 11) is 2.43. The van der Waals surface area contributed by atoms with Crippen molar-refractivity contribution in [3.8, 4) is 0 Å². The number of hydrogen-bond donors (Lipinski definition) is 0. The van der Waals surface area contributed by atoms with Gasteiger partial charge in [-0.2, -0.15) is 0 Å². The summed E-state index contributed by atoms with van der Waals surface area (Å²) in [5.74, 6) is -1.29. The Balaban J connectivity index is 1.97. The highest BCUT2D eigenvalue weighted by Gasteiger charge is 2.19. The predicted octanol–water partition coefficient (Wildman–Crippen LogP) is 6.11. The maximum atomic E-state index is 12.3. The molecule has 0 atom stereocenters. The van der Waals surface area contributed by atoms with Crippen molar-refractivity contribution >= 4 is 35.6 Å². The smallest absolute Gasteiger partial charge is 0.345 e. The predicted molar refractivity (Wildman–Crippen MR) is 127 cm³/mol. The van der Waals surface area contributed by atoms with E-state index in [4.69, 9.17) is 0 Å². The number of methoxy groups -OCH3 is 2. The SMILES string of the molecule is CCCCCCCC(=O)c1ccc(Sc2ccc(C=C(C(=O)OC)C(=O)OC)cc2)cc1. The molecule has 0 aromatic heterocycles. The summed E-state index contributed by atoms with van der Waals surface area (Å²) in [5, 5.41) is 0. The molecule has 2 aromatic carbocycles. The lowest BCUT2D eigenvalue weighted by molar-refractivity contribution is -0.143. The lowest BCUT2D eigenvalue weighted by atomic mass is 10.0. The van der Waals surface area contributed by atoms with Crippen LogP contribution < -0.4 is 0 Å². The van der Waals surface area contributed by atoms with Gasteiger partial charge in [0.1, 0.15) is 5.57 Å². The maximum absolute atomic E-state index is 12.3. The third-order valence-electron chi connectivity index (χ3n) is 4.92. The number of ketones is 1. The molecule has 0 spiro atoms. The van der Waals surface area contributed by atoms with Crippen LogP contribution in [0.3, 0.4) is 0 Å². The minimum Gasteiger partial charge on any atom is -0.465 e. The van der Waals surface area contributed by atoms with Crippen LogP contribution in [0.1, 0.15) is 61.4 Å². The van der Waals surface area contributed by atoms with Crippen molar-refractivity contribution in [1.82, 2.24) is 0 Å². The highest BCUT2D eigenvalue weighted by molar-refractivity contribution is 7.99. The first kappa shape index (κ1) is 25.4.